The number of nitrogens with zero attached hydrogens (tertiary/aromatic N) is 4. The number of amides is 1. The highest BCUT2D eigenvalue weighted by Crippen LogP contribution is 2.38. The van der Waals surface area contributed by atoms with Gasteiger partial charge in [0.15, 0.2) is 16.6 Å². The van der Waals surface area contributed by atoms with E-state index in [2.05, 4.69) is 4.98 Å². The summed E-state index contributed by atoms with van der Waals surface area (Å²) in [5, 5.41) is 0.493. The van der Waals surface area contributed by atoms with Crippen LogP contribution in [0.15, 0.2) is 65.8 Å². The van der Waals surface area contributed by atoms with Crippen molar-refractivity contribution in [2.45, 2.75) is 49.6 Å². The maximum Gasteiger partial charge on any atom is 0.260 e. The molecular formula is C29H32N4O5S2. The first-order valence-corrected chi connectivity index (χ1v) is 15.4. The summed E-state index contributed by atoms with van der Waals surface area (Å²) in [6.07, 6.45) is 8.34. The number of methoxy groups -OCH3 is 2. The van der Waals surface area contributed by atoms with Gasteiger partial charge in [0.2, 0.25) is 10.0 Å². The van der Waals surface area contributed by atoms with Gasteiger partial charge in [0.1, 0.15) is 0 Å². The zero-order chi connectivity index (χ0) is 28.3. The van der Waals surface area contributed by atoms with E-state index in [0.717, 1.165) is 42.4 Å². The summed E-state index contributed by atoms with van der Waals surface area (Å²) in [4.78, 5) is 24.6. The summed E-state index contributed by atoms with van der Waals surface area (Å²) in [5.41, 5.74) is 1.87. The minimum Gasteiger partial charge on any atom is -0.493 e. The highest BCUT2D eigenvalue weighted by molar-refractivity contribution is 7.89. The van der Waals surface area contributed by atoms with Gasteiger partial charge in [-0.05, 0) is 48.7 Å². The molecule has 0 radical (unpaired) electrons. The van der Waals surface area contributed by atoms with Crippen LogP contribution in [0.5, 0.6) is 11.5 Å². The molecule has 0 spiro atoms. The number of pyridine rings is 1. The van der Waals surface area contributed by atoms with E-state index < -0.39 is 10.0 Å². The molecule has 1 amide bonds. The predicted molar refractivity (Wildman–Crippen MR) is 156 cm³/mol. The van der Waals surface area contributed by atoms with Crippen LogP contribution >= 0.6 is 11.3 Å². The lowest BCUT2D eigenvalue weighted by Gasteiger charge is -2.30. The van der Waals surface area contributed by atoms with E-state index in [4.69, 9.17) is 14.5 Å². The molecule has 11 heteroatoms. The van der Waals surface area contributed by atoms with Gasteiger partial charge >= 0.3 is 0 Å². The predicted octanol–water partition coefficient (Wildman–Crippen LogP) is 5.51. The Kier molecular flexibility index (Phi) is 8.34. The van der Waals surface area contributed by atoms with Crippen molar-refractivity contribution in [3.8, 4) is 11.5 Å². The number of hydrogen-bond donors (Lipinski definition) is 0. The molecule has 0 unspecified atom stereocenters. The molecule has 0 N–H and O–H groups in total. The average Bonchev–Trinajstić information content (AvgIpc) is 3.42. The summed E-state index contributed by atoms with van der Waals surface area (Å²) in [6, 6.07) is 13.5. The van der Waals surface area contributed by atoms with E-state index in [1.54, 1.807) is 56.8 Å². The number of ether oxygens (including phenoxy) is 2. The van der Waals surface area contributed by atoms with Crippen LogP contribution in [0.3, 0.4) is 0 Å². The Balaban J connectivity index is 1.46. The van der Waals surface area contributed by atoms with Crippen molar-refractivity contribution in [3.05, 3.63) is 72.1 Å². The second-order valence-corrected chi connectivity index (χ2v) is 12.8. The average molecular weight is 581 g/mol. The molecule has 0 saturated heterocycles. The fourth-order valence-corrected chi connectivity index (χ4v) is 7.38. The van der Waals surface area contributed by atoms with Gasteiger partial charge in [0.25, 0.3) is 5.91 Å². The number of carbonyl (C=O) groups is 1. The van der Waals surface area contributed by atoms with E-state index in [1.807, 2.05) is 18.2 Å². The molecule has 0 bridgehead atoms. The first kappa shape index (κ1) is 28.0. The Bertz CT molecular complexity index is 1540. The maximum absolute atomic E-state index is 13.9. The van der Waals surface area contributed by atoms with Crippen molar-refractivity contribution in [2.24, 2.45) is 0 Å². The Morgan fingerprint density at radius 1 is 1.02 bits per heavy atom. The molecule has 1 aliphatic rings. The van der Waals surface area contributed by atoms with Gasteiger partial charge in [-0.15, -0.1) is 0 Å². The molecule has 2 aromatic heterocycles. The third kappa shape index (κ3) is 5.67. The van der Waals surface area contributed by atoms with Gasteiger partial charge in [0.05, 0.1) is 35.9 Å². The van der Waals surface area contributed by atoms with Crippen molar-refractivity contribution in [3.63, 3.8) is 0 Å². The summed E-state index contributed by atoms with van der Waals surface area (Å²) in [6.45, 7) is 0.241. The summed E-state index contributed by atoms with van der Waals surface area (Å²) < 4.78 is 39.8. The zero-order valence-electron chi connectivity index (χ0n) is 22.7. The minimum absolute atomic E-state index is 0.00585. The Morgan fingerprint density at radius 3 is 2.38 bits per heavy atom. The number of anilines is 1. The monoisotopic (exact) mass is 580 g/mol. The lowest BCUT2D eigenvalue weighted by molar-refractivity contribution is 0.0985. The van der Waals surface area contributed by atoms with Gasteiger partial charge < -0.3 is 9.47 Å². The van der Waals surface area contributed by atoms with E-state index in [1.165, 1.54) is 27.8 Å². The summed E-state index contributed by atoms with van der Waals surface area (Å²) in [7, 11) is 1.12. The minimum atomic E-state index is -3.67. The number of aromatic nitrogens is 2. The van der Waals surface area contributed by atoms with Crippen LogP contribution < -0.4 is 14.4 Å². The number of hydrogen-bond acceptors (Lipinski definition) is 8. The smallest absolute Gasteiger partial charge is 0.260 e. The van der Waals surface area contributed by atoms with E-state index in [9.17, 15) is 13.2 Å². The van der Waals surface area contributed by atoms with Crippen LogP contribution in [0.4, 0.5) is 5.13 Å². The fraction of sp³-hybridized carbons (Fsp3) is 0.345. The fourth-order valence-electron chi connectivity index (χ4n) is 4.99. The van der Waals surface area contributed by atoms with E-state index in [0.29, 0.717) is 27.7 Å². The third-order valence-corrected chi connectivity index (χ3v) is 10.3. The molecule has 0 aliphatic heterocycles. The molecule has 4 aromatic rings. The standard InChI is InChI=1S/C29H32N4O5S2/c1-32(22-9-5-4-6-10-22)40(35,36)23-13-11-21(12-14-23)28(34)33(19-20-8-7-15-30-18-20)29-31-24-16-25(37-2)26(38-3)17-27(24)39-29/h7-8,11-18,22H,4-6,9-10,19H2,1-3H3. The second kappa shape index (κ2) is 11.9. The number of rotatable bonds is 9. The van der Waals surface area contributed by atoms with Crippen molar-refractivity contribution in [1.82, 2.24) is 14.3 Å². The van der Waals surface area contributed by atoms with Crippen molar-refractivity contribution in [1.29, 1.82) is 0 Å². The van der Waals surface area contributed by atoms with Gasteiger partial charge in [-0.2, -0.15) is 4.31 Å². The van der Waals surface area contributed by atoms with Crippen LogP contribution in [0, 0.1) is 0 Å². The highest BCUT2D eigenvalue weighted by atomic mass is 32.2. The van der Waals surface area contributed by atoms with Crippen LogP contribution in [0.25, 0.3) is 10.2 Å². The Labute approximate surface area is 238 Å². The largest absolute Gasteiger partial charge is 0.493 e. The number of thiazole rings is 1. The first-order chi connectivity index (χ1) is 19.3. The molecule has 1 saturated carbocycles. The third-order valence-electron chi connectivity index (χ3n) is 7.29. The van der Waals surface area contributed by atoms with Crippen molar-refractivity contribution >= 4 is 42.6 Å². The summed E-state index contributed by atoms with van der Waals surface area (Å²) >= 11 is 1.36. The molecule has 2 heterocycles. The Hall–Kier alpha value is -3.54. The van der Waals surface area contributed by atoms with Crippen LogP contribution in [0.2, 0.25) is 0 Å². The zero-order valence-corrected chi connectivity index (χ0v) is 24.4. The summed E-state index contributed by atoms with van der Waals surface area (Å²) in [5.74, 6) is 0.823. The highest BCUT2D eigenvalue weighted by Gasteiger charge is 2.30. The van der Waals surface area contributed by atoms with Crippen LogP contribution in [0.1, 0.15) is 48.0 Å². The van der Waals surface area contributed by atoms with Gasteiger partial charge in [-0.3, -0.25) is 14.7 Å². The molecule has 1 fully saturated rings. The maximum atomic E-state index is 13.9. The lowest BCUT2D eigenvalue weighted by Crippen LogP contribution is -2.38. The molecular weight excluding hydrogens is 548 g/mol. The second-order valence-electron chi connectivity index (χ2n) is 9.76. The SMILES string of the molecule is COc1cc2nc(N(Cc3cccnc3)C(=O)c3ccc(S(=O)(=O)N(C)C4CCCCC4)cc3)sc2cc1OC. The molecule has 40 heavy (non-hydrogen) atoms. The van der Waals surface area contributed by atoms with Crippen LogP contribution in [-0.2, 0) is 16.6 Å². The first-order valence-electron chi connectivity index (χ1n) is 13.1. The molecule has 0 atom stereocenters. The van der Waals surface area contributed by atoms with Gasteiger partial charge in [0, 0.05) is 43.2 Å². The molecule has 9 nitrogen and oxygen atoms in total. The number of benzene rings is 2. The molecule has 210 valence electrons. The number of sulfonamides is 1. The molecule has 5 rings (SSSR count). The van der Waals surface area contributed by atoms with E-state index >= 15 is 0 Å². The number of fused-ring (bicyclic) bond motifs is 1. The Morgan fingerprint density at radius 2 is 1.73 bits per heavy atom. The van der Waals surface area contributed by atoms with Gasteiger partial charge in [-0.1, -0.05) is 36.7 Å². The lowest BCUT2D eigenvalue weighted by atomic mass is 9.96. The molecule has 2 aromatic carbocycles. The molecule has 1 aliphatic carbocycles. The van der Waals surface area contributed by atoms with Crippen LogP contribution in [-0.4, -0.2) is 55.9 Å². The number of carbonyl (C=O) groups excluding carboxylic acids is 1. The van der Waals surface area contributed by atoms with Crippen molar-refractivity contribution in [2.75, 3.05) is 26.2 Å². The van der Waals surface area contributed by atoms with Crippen molar-refractivity contribution < 1.29 is 22.7 Å². The normalized spacial score (nSPS) is 14.4. The topological polar surface area (TPSA) is 102 Å². The van der Waals surface area contributed by atoms with E-state index in [-0.39, 0.29) is 23.4 Å². The van der Waals surface area contributed by atoms with Gasteiger partial charge in [-0.25, -0.2) is 13.4 Å². The quantitative estimate of drug-likeness (QED) is 0.257.